The van der Waals surface area contributed by atoms with Gasteiger partial charge < -0.3 is 4.74 Å². The van der Waals surface area contributed by atoms with Crippen molar-refractivity contribution in [2.45, 2.75) is 24.8 Å². The molecular formula is C15H19N3O4S. The van der Waals surface area contributed by atoms with Crippen LogP contribution in [0.2, 0.25) is 0 Å². The number of carbonyl (C=O) groups excluding carboxylic acids is 1. The topological polar surface area (TPSA) is 90.3 Å². The molecule has 0 aliphatic rings. The number of ether oxygens (including phenoxy) is 1. The molecule has 23 heavy (non-hydrogen) atoms. The summed E-state index contributed by atoms with van der Waals surface area (Å²) in [6.45, 7) is 2.93. The van der Waals surface area contributed by atoms with E-state index in [1.165, 1.54) is 24.3 Å². The van der Waals surface area contributed by atoms with E-state index in [0.717, 1.165) is 0 Å². The van der Waals surface area contributed by atoms with Crippen LogP contribution in [0.15, 0.2) is 47.6 Å². The predicted molar refractivity (Wildman–Crippen MR) is 84.4 cm³/mol. The first-order valence-electron chi connectivity index (χ1n) is 7.27. The molecule has 0 unspecified atom stereocenters. The van der Waals surface area contributed by atoms with E-state index in [4.69, 9.17) is 4.74 Å². The van der Waals surface area contributed by atoms with Crippen LogP contribution < -0.4 is 4.72 Å². The Morgan fingerprint density at radius 2 is 2.04 bits per heavy atom. The lowest BCUT2D eigenvalue weighted by atomic mass is 10.2. The minimum Gasteiger partial charge on any atom is -0.462 e. The summed E-state index contributed by atoms with van der Waals surface area (Å²) in [5.41, 5.74) is 0.324. The summed E-state index contributed by atoms with van der Waals surface area (Å²) in [7, 11) is -3.59. The zero-order valence-electron chi connectivity index (χ0n) is 12.8. The van der Waals surface area contributed by atoms with Gasteiger partial charge in [0.1, 0.15) is 0 Å². The van der Waals surface area contributed by atoms with Crippen molar-refractivity contribution in [3.8, 4) is 0 Å². The molecule has 0 saturated carbocycles. The van der Waals surface area contributed by atoms with E-state index in [2.05, 4.69) is 9.82 Å². The van der Waals surface area contributed by atoms with Crippen LogP contribution in [0, 0.1) is 0 Å². The normalized spacial score (nSPS) is 11.3. The molecule has 0 aliphatic heterocycles. The fourth-order valence-electron chi connectivity index (χ4n) is 1.95. The number of aromatic nitrogens is 2. The zero-order valence-corrected chi connectivity index (χ0v) is 13.6. The number of sulfonamides is 1. The average Bonchev–Trinajstić information content (AvgIpc) is 3.05. The van der Waals surface area contributed by atoms with Gasteiger partial charge in [0.25, 0.3) is 0 Å². The van der Waals surface area contributed by atoms with E-state index in [1.54, 1.807) is 17.8 Å². The van der Waals surface area contributed by atoms with Crippen molar-refractivity contribution in [1.29, 1.82) is 0 Å². The first-order chi connectivity index (χ1) is 11.0. The fraction of sp³-hybridized carbons (Fsp3) is 0.333. The third-order valence-electron chi connectivity index (χ3n) is 3.09. The molecule has 0 amide bonds. The standard InChI is InChI=1S/C15H19N3O4S/c1-2-22-15(19)13-5-7-14(8-6-13)23(20,21)17-10-4-12-18-11-3-9-16-18/h3,5-9,11,17H,2,4,10,12H2,1H3. The smallest absolute Gasteiger partial charge is 0.338 e. The largest absolute Gasteiger partial charge is 0.462 e. The molecule has 8 heteroatoms. The number of nitrogens with zero attached hydrogens (tertiary/aromatic N) is 2. The minimum atomic E-state index is -3.59. The number of nitrogens with one attached hydrogen (secondary N) is 1. The quantitative estimate of drug-likeness (QED) is 0.581. The van der Waals surface area contributed by atoms with Gasteiger partial charge in [0, 0.05) is 25.5 Å². The maximum atomic E-state index is 12.2. The van der Waals surface area contributed by atoms with Gasteiger partial charge in [-0.1, -0.05) is 0 Å². The van der Waals surface area contributed by atoms with Crippen LogP contribution >= 0.6 is 0 Å². The maximum absolute atomic E-state index is 12.2. The highest BCUT2D eigenvalue weighted by molar-refractivity contribution is 7.89. The average molecular weight is 337 g/mol. The first-order valence-corrected chi connectivity index (χ1v) is 8.75. The number of carbonyl (C=O) groups is 1. The number of rotatable bonds is 8. The van der Waals surface area contributed by atoms with Crippen LogP contribution in [0.5, 0.6) is 0 Å². The molecule has 1 aromatic heterocycles. The second kappa shape index (κ2) is 7.89. The Bertz CT molecular complexity index is 725. The van der Waals surface area contributed by atoms with Crippen LogP contribution in [0.1, 0.15) is 23.7 Å². The fourth-order valence-corrected chi connectivity index (χ4v) is 3.02. The highest BCUT2D eigenvalue weighted by Crippen LogP contribution is 2.11. The highest BCUT2D eigenvalue weighted by Gasteiger charge is 2.14. The van der Waals surface area contributed by atoms with Gasteiger partial charge in [0.2, 0.25) is 10.0 Å². The Balaban J connectivity index is 1.89. The van der Waals surface area contributed by atoms with Crippen molar-refractivity contribution >= 4 is 16.0 Å². The van der Waals surface area contributed by atoms with E-state index < -0.39 is 16.0 Å². The Labute approximate surface area is 135 Å². The third kappa shape index (κ3) is 4.90. The molecule has 0 bridgehead atoms. The third-order valence-corrected chi connectivity index (χ3v) is 4.57. The van der Waals surface area contributed by atoms with E-state index in [0.29, 0.717) is 25.1 Å². The van der Waals surface area contributed by atoms with Gasteiger partial charge in [-0.05, 0) is 43.7 Å². The molecule has 124 valence electrons. The summed E-state index contributed by atoms with van der Waals surface area (Å²) in [5, 5.41) is 4.05. The molecule has 1 N–H and O–H groups in total. The molecule has 0 radical (unpaired) electrons. The van der Waals surface area contributed by atoms with Crippen LogP contribution in [0.25, 0.3) is 0 Å². The Morgan fingerprint density at radius 1 is 1.30 bits per heavy atom. The summed E-state index contributed by atoms with van der Waals surface area (Å²) in [4.78, 5) is 11.6. The molecule has 0 fully saturated rings. The second-order valence-corrected chi connectivity index (χ2v) is 6.53. The summed E-state index contributed by atoms with van der Waals surface area (Å²) >= 11 is 0. The number of aryl methyl sites for hydroxylation is 1. The summed E-state index contributed by atoms with van der Waals surface area (Å²) in [6, 6.07) is 7.48. The molecule has 0 aliphatic carbocycles. The SMILES string of the molecule is CCOC(=O)c1ccc(S(=O)(=O)NCCCn2cccn2)cc1. The molecule has 0 atom stereocenters. The number of benzene rings is 1. The number of esters is 1. The van der Waals surface area contributed by atoms with Crippen molar-refractivity contribution in [3.63, 3.8) is 0 Å². The first kappa shape index (κ1) is 17.2. The Hall–Kier alpha value is -2.19. The molecular weight excluding hydrogens is 318 g/mol. The van der Waals surface area contributed by atoms with Gasteiger partial charge >= 0.3 is 5.97 Å². The molecule has 0 spiro atoms. The highest BCUT2D eigenvalue weighted by atomic mass is 32.2. The van der Waals surface area contributed by atoms with Crippen molar-refractivity contribution < 1.29 is 17.9 Å². The number of hydrogen-bond donors (Lipinski definition) is 1. The van der Waals surface area contributed by atoms with E-state index in [-0.39, 0.29) is 11.5 Å². The Morgan fingerprint density at radius 3 is 2.65 bits per heavy atom. The lowest BCUT2D eigenvalue weighted by molar-refractivity contribution is 0.0526. The predicted octanol–water partition coefficient (Wildman–Crippen LogP) is 1.43. The van der Waals surface area contributed by atoms with E-state index >= 15 is 0 Å². The van der Waals surface area contributed by atoms with Gasteiger partial charge in [-0.2, -0.15) is 5.10 Å². The molecule has 1 aromatic carbocycles. The molecule has 2 aromatic rings. The van der Waals surface area contributed by atoms with Gasteiger partial charge in [-0.3, -0.25) is 4.68 Å². The lowest BCUT2D eigenvalue weighted by Gasteiger charge is -2.08. The van der Waals surface area contributed by atoms with Gasteiger partial charge in [-0.15, -0.1) is 0 Å². The molecule has 1 heterocycles. The lowest BCUT2D eigenvalue weighted by Crippen LogP contribution is -2.25. The zero-order chi connectivity index (χ0) is 16.7. The Kier molecular flexibility index (Phi) is 5.89. The molecule has 0 saturated heterocycles. The van der Waals surface area contributed by atoms with Gasteiger partial charge in [0.15, 0.2) is 0 Å². The van der Waals surface area contributed by atoms with Crippen molar-refractivity contribution in [2.24, 2.45) is 0 Å². The monoisotopic (exact) mass is 337 g/mol. The molecule has 7 nitrogen and oxygen atoms in total. The minimum absolute atomic E-state index is 0.115. The van der Waals surface area contributed by atoms with Crippen molar-refractivity contribution in [3.05, 3.63) is 48.3 Å². The second-order valence-electron chi connectivity index (χ2n) is 4.77. The molecule has 2 rings (SSSR count). The summed E-state index contributed by atoms with van der Waals surface area (Å²) in [6.07, 6.45) is 4.12. The number of hydrogen-bond acceptors (Lipinski definition) is 5. The van der Waals surface area contributed by atoms with Crippen LogP contribution in [-0.2, 0) is 21.3 Å². The van der Waals surface area contributed by atoms with E-state index in [1.807, 2.05) is 12.3 Å². The van der Waals surface area contributed by atoms with Crippen LogP contribution in [0.4, 0.5) is 0 Å². The van der Waals surface area contributed by atoms with Crippen LogP contribution in [0.3, 0.4) is 0 Å². The van der Waals surface area contributed by atoms with Crippen molar-refractivity contribution in [1.82, 2.24) is 14.5 Å². The van der Waals surface area contributed by atoms with E-state index in [9.17, 15) is 13.2 Å². The van der Waals surface area contributed by atoms with Crippen LogP contribution in [-0.4, -0.2) is 37.3 Å². The van der Waals surface area contributed by atoms with Gasteiger partial charge in [-0.25, -0.2) is 17.9 Å². The summed E-state index contributed by atoms with van der Waals surface area (Å²) in [5.74, 6) is -0.469. The van der Waals surface area contributed by atoms with Crippen molar-refractivity contribution in [2.75, 3.05) is 13.2 Å². The summed E-state index contributed by atoms with van der Waals surface area (Å²) < 4.78 is 33.4. The van der Waals surface area contributed by atoms with Gasteiger partial charge in [0.05, 0.1) is 17.1 Å². The maximum Gasteiger partial charge on any atom is 0.338 e.